The molecule has 0 aromatic heterocycles. The lowest BCUT2D eigenvalue weighted by Crippen LogP contribution is -2.24. The summed E-state index contributed by atoms with van der Waals surface area (Å²) in [6.45, 7) is 1.51. The Morgan fingerprint density at radius 3 is 2.32 bits per heavy atom. The van der Waals surface area contributed by atoms with Gasteiger partial charge in [-0.1, -0.05) is 12.1 Å². The number of carbonyl (C=O) groups is 2. The molecule has 1 amide bonds. The molecule has 0 aliphatic heterocycles. The zero-order valence-electron chi connectivity index (χ0n) is 19.4. The Bertz CT molecular complexity index is 1340. The van der Waals surface area contributed by atoms with Gasteiger partial charge in [-0.15, -0.1) is 0 Å². The fourth-order valence-corrected chi connectivity index (χ4v) is 2.92. The molecule has 0 aliphatic carbocycles. The van der Waals surface area contributed by atoms with Gasteiger partial charge in [-0.05, 0) is 48.9 Å². The number of non-ortho nitro benzene ring substituents is 1. The number of nitrogens with one attached hydrogen (secondary N) is 1. The highest BCUT2D eigenvalue weighted by atomic mass is 16.6. The Labute approximate surface area is 209 Å². The maximum Gasteiger partial charge on any atom is 0.343 e. The van der Waals surface area contributed by atoms with E-state index in [2.05, 4.69) is 10.5 Å². The van der Waals surface area contributed by atoms with E-state index < -0.39 is 28.3 Å². The average molecular weight is 508 g/mol. The van der Waals surface area contributed by atoms with Crippen LogP contribution in [0, 0.1) is 20.2 Å². The minimum absolute atomic E-state index is 0.0492. The molecule has 0 atom stereocenters. The van der Waals surface area contributed by atoms with Crippen LogP contribution in [0.1, 0.15) is 22.8 Å². The molecule has 0 spiro atoms. The Kier molecular flexibility index (Phi) is 8.80. The standard InChI is InChI=1S/C24H20N4O9/c1-2-35-22-13-16(7-12-21(22)37-24(30)17-8-10-18(11-9-17)27(31)32)14-25-26-23(29)15-36-20-6-4-3-5-19(20)28(33)34/h3-14H,2,15H2,1H3,(H,26,29)/b25-14+. The number of amides is 1. The monoisotopic (exact) mass is 508 g/mol. The molecule has 0 unspecified atom stereocenters. The highest BCUT2D eigenvalue weighted by Crippen LogP contribution is 2.29. The van der Waals surface area contributed by atoms with Gasteiger partial charge in [0, 0.05) is 18.2 Å². The minimum Gasteiger partial charge on any atom is -0.490 e. The summed E-state index contributed by atoms with van der Waals surface area (Å²) in [5, 5.41) is 25.6. The van der Waals surface area contributed by atoms with E-state index in [1.807, 2.05) is 0 Å². The summed E-state index contributed by atoms with van der Waals surface area (Å²) in [5.74, 6) is -1.08. The third-order valence-corrected chi connectivity index (χ3v) is 4.61. The van der Waals surface area contributed by atoms with Crippen molar-refractivity contribution in [1.82, 2.24) is 5.43 Å². The van der Waals surface area contributed by atoms with Crippen LogP contribution in [0.2, 0.25) is 0 Å². The van der Waals surface area contributed by atoms with Crippen LogP contribution in [0.15, 0.2) is 71.8 Å². The van der Waals surface area contributed by atoms with E-state index in [0.29, 0.717) is 5.56 Å². The molecule has 13 nitrogen and oxygen atoms in total. The lowest BCUT2D eigenvalue weighted by Gasteiger charge is -2.11. The molecular formula is C24H20N4O9. The predicted octanol–water partition coefficient (Wildman–Crippen LogP) is 3.65. The SMILES string of the molecule is CCOc1cc(/C=N/NC(=O)COc2ccccc2[N+](=O)[O-])ccc1OC(=O)c1ccc([N+](=O)[O-])cc1. The molecule has 0 fully saturated rings. The molecule has 13 heteroatoms. The molecule has 0 saturated heterocycles. The van der Waals surface area contributed by atoms with Gasteiger partial charge in [-0.3, -0.25) is 25.0 Å². The molecule has 0 bridgehead atoms. The van der Waals surface area contributed by atoms with Gasteiger partial charge in [-0.25, -0.2) is 10.2 Å². The fourth-order valence-electron chi connectivity index (χ4n) is 2.92. The van der Waals surface area contributed by atoms with Crippen LogP contribution in [-0.2, 0) is 4.79 Å². The van der Waals surface area contributed by atoms with Gasteiger partial charge in [0.05, 0.1) is 28.2 Å². The van der Waals surface area contributed by atoms with E-state index in [1.165, 1.54) is 60.8 Å². The number of rotatable bonds is 11. The molecule has 37 heavy (non-hydrogen) atoms. The van der Waals surface area contributed by atoms with Gasteiger partial charge in [-0.2, -0.15) is 5.10 Å². The second-order valence-electron chi connectivity index (χ2n) is 7.14. The van der Waals surface area contributed by atoms with Crippen molar-refractivity contribution < 1.29 is 33.6 Å². The van der Waals surface area contributed by atoms with Gasteiger partial charge in [0.1, 0.15) is 0 Å². The van der Waals surface area contributed by atoms with Gasteiger partial charge >= 0.3 is 11.7 Å². The number of nitro benzene ring substituents is 2. The first-order valence-electron chi connectivity index (χ1n) is 10.7. The van der Waals surface area contributed by atoms with Gasteiger partial charge in [0.2, 0.25) is 0 Å². The summed E-state index contributed by atoms with van der Waals surface area (Å²) < 4.78 is 16.1. The van der Waals surface area contributed by atoms with Crippen molar-refractivity contribution >= 4 is 29.5 Å². The summed E-state index contributed by atoms with van der Waals surface area (Å²) in [5.41, 5.74) is 2.43. The largest absolute Gasteiger partial charge is 0.490 e. The number of esters is 1. The summed E-state index contributed by atoms with van der Waals surface area (Å²) in [4.78, 5) is 45.0. The summed E-state index contributed by atoms with van der Waals surface area (Å²) in [6.07, 6.45) is 1.31. The summed E-state index contributed by atoms with van der Waals surface area (Å²) >= 11 is 0. The van der Waals surface area contributed by atoms with Crippen molar-refractivity contribution in [3.63, 3.8) is 0 Å². The number of hydrazone groups is 1. The average Bonchev–Trinajstić information content (AvgIpc) is 2.89. The van der Waals surface area contributed by atoms with Crippen LogP contribution in [-0.4, -0.2) is 41.2 Å². The summed E-state index contributed by atoms with van der Waals surface area (Å²) in [6, 6.07) is 15.2. The topological polar surface area (TPSA) is 172 Å². The van der Waals surface area contributed by atoms with E-state index in [4.69, 9.17) is 14.2 Å². The van der Waals surface area contributed by atoms with E-state index in [0.717, 1.165) is 0 Å². The molecule has 0 heterocycles. The fraction of sp³-hybridized carbons (Fsp3) is 0.125. The van der Waals surface area contributed by atoms with Crippen LogP contribution in [0.3, 0.4) is 0 Å². The lowest BCUT2D eigenvalue weighted by atomic mass is 10.2. The van der Waals surface area contributed by atoms with Crippen LogP contribution in [0.25, 0.3) is 0 Å². The minimum atomic E-state index is -0.733. The highest BCUT2D eigenvalue weighted by molar-refractivity contribution is 5.92. The van der Waals surface area contributed by atoms with Crippen LogP contribution < -0.4 is 19.6 Å². The Morgan fingerprint density at radius 2 is 1.65 bits per heavy atom. The quantitative estimate of drug-likeness (QED) is 0.133. The number of hydrogen-bond donors (Lipinski definition) is 1. The third-order valence-electron chi connectivity index (χ3n) is 4.61. The molecule has 0 aliphatic rings. The van der Waals surface area contributed by atoms with Gasteiger partial charge < -0.3 is 14.2 Å². The van der Waals surface area contributed by atoms with Gasteiger partial charge in [0.15, 0.2) is 23.9 Å². The second kappa shape index (κ2) is 12.4. The number of para-hydroxylation sites is 2. The number of nitrogens with zero attached hydrogens (tertiary/aromatic N) is 3. The van der Waals surface area contributed by atoms with E-state index >= 15 is 0 Å². The number of benzene rings is 3. The first kappa shape index (κ1) is 26.3. The molecular weight excluding hydrogens is 488 g/mol. The van der Waals surface area contributed by atoms with Crippen molar-refractivity contribution in [2.45, 2.75) is 6.92 Å². The smallest absolute Gasteiger partial charge is 0.343 e. The number of hydrogen-bond acceptors (Lipinski definition) is 10. The van der Waals surface area contributed by atoms with E-state index in [9.17, 15) is 29.8 Å². The second-order valence-corrected chi connectivity index (χ2v) is 7.14. The molecule has 190 valence electrons. The van der Waals surface area contributed by atoms with Crippen molar-refractivity contribution in [2.24, 2.45) is 5.10 Å². The lowest BCUT2D eigenvalue weighted by molar-refractivity contribution is -0.385. The number of ether oxygens (including phenoxy) is 3. The Balaban J connectivity index is 1.61. The molecule has 3 aromatic carbocycles. The van der Waals surface area contributed by atoms with E-state index in [-0.39, 0.29) is 40.8 Å². The van der Waals surface area contributed by atoms with Gasteiger partial charge in [0.25, 0.3) is 11.6 Å². The Morgan fingerprint density at radius 1 is 0.919 bits per heavy atom. The molecule has 3 aromatic rings. The maximum atomic E-state index is 12.4. The highest BCUT2D eigenvalue weighted by Gasteiger charge is 2.16. The third kappa shape index (κ3) is 7.32. The summed E-state index contributed by atoms with van der Waals surface area (Å²) in [7, 11) is 0. The van der Waals surface area contributed by atoms with E-state index in [1.54, 1.807) is 19.1 Å². The van der Waals surface area contributed by atoms with Crippen molar-refractivity contribution in [2.75, 3.05) is 13.2 Å². The zero-order chi connectivity index (χ0) is 26.8. The number of nitro groups is 2. The van der Waals surface area contributed by atoms with Crippen molar-refractivity contribution in [1.29, 1.82) is 0 Å². The van der Waals surface area contributed by atoms with Crippen molar-refractivity contribution in [3.8, 4) is 17.2 Å². The Hall–Kier alpha value is -5.33. The first-order valence-corrected chi connectivity index (χ1v) is 10.7. The normalized spacial score (nSPS) is 10.5. The molecule has 1 N–H and O–H groups in total. The van der Waals surface area contributed by atoms with Crippen molar-refractivity contribution in [3.05, 3.63) is 98.1 Å². The molecule has 0 saturated carbocycles. The molecule has 3 rings (SSSR count). The zero-order valence-corrected chi connectivity index (χ0v) is 19.4. The van der Waals surface area contributed by atoms with Crippen LogP contribution >= 0.6 is 0 Å². The molecule has 0 radical (unpaired) electrons. The maximum absolute atomic E-state index is 12.4. The van der Waals surface area contributed by atoms with Crippen LogP contribution in [0.4, 0.5) is 11.4 Å². The van der Waals surface area contributed by atoms with Crippen LogP contribution in [0.5, 0.6) is 17.2 Å². The first-order chi connectivity index (χ1) is 17.8. The predicted molar refractivity (Wildman–Crippen MR) is 130 cm³/mol. The number of carbonyl (C=O) groups excluding carboxylic acids is 2.